The number of nitrogens with one attached hydrogen (secondary N) is 2. The Hall–Kier alpha value is -2.62. The van der Waals surface area contributed by atoms with Crippen LogP contribution < -0.4 is 10.5 Å². The van der Waals surface area contributed by atoms with Gasteiger partial charge in [-0.3, -0.25) is 14.6 Å². The van der Waals surface area contributed by atoms with Crippen LogP contribution in [0.3, 0.4) is 0 Å². The number of carbonyl (C=O) groups is 1. The zero-order valence-corrected chi connectivity index (χ0v) is 15.7. The molecule has 3 aromatic rings. The number of primary amides is 1. The molecule has 1 heterocycles. The van der Waals surface area contributed by atoms with Crippen LogP contribution in [0.5, 0.6) is 0 Å². The van der Waals surface area contributed by atoms with Crippen LogP contribution in [0.25, 0.3) is 11.3 Å². The topological polar surface area (TPSA) is 118 Å². The van der Waals surface area contributed by atoms with Crippen LogP contribution in [0.4, 0.5) is 10.1 Å². The molecule has 3 rings (SSSR count). The van der Waals surface area contributed by atoms with Crippen molar-refractivity contribution in [3.63, 3.8) is 0 Å². The maximum Gasteiger partial charge on any atom is 0.265 e. The van der Waals surface area contributed by atoms with E-state index in [9.17, 15) is 17.6 Å². The molecule has 0 aliphatic carbocycles. The number of H-pyrrole nitrogens is 1. The van der Waals surface area contributed by atoms with E-state index in [0.29, 0.717) is 0 Å². The number of sulfonamides is 1. The molecule has 27 heavy (non-hydrogen) atoms. The largest absolute Gasteiger partial charge is 0.366 e. The fourth-order valence-corrected chi connectivity index (χ4v) is 3.95. The van der Waals surface area contributed by atoms with Gasteiger partial charge in [0.25, 0.3) is 10.0 Å². The molecule has 2 aromatic carbocycles. The maximum absolute atomic E-state index is 13.8. The third-order valence-corrected chi connectivity index (χ3v) is 5.59. The summed E-state index contributed by atoms with van der Waals surface area (Å²) in [6.07, 6.45) is 1.07. The molecule has 0 fully saturated rings. The number of aromatic nitrogens is 2. The smallest absolute Gasteiger partial charge is 0.265 e. The fourth-order valence-electron chi connectivity index (χ4n) is 2.30. The summed E-state index contributed by atoms with van der Waals surface area (Å²) in [5, 5.41) is 6.07. The Kier molecular flexibility index (Phi) is 5.09. The lowest BCUT2D eigenvalue weighted by Crippen LogP contribution is -2.14. The average molecular weight is 429 g/mol. The van der Waals surface area contributed by atoms with E-state index in [2.05, 4.69) is 14.9 Å². The van der Waals surface area contributed by atoms with Crippen molar-refractivity contribution in [1.29, 1.82) is 0 Å². The monoisotopic (exact) mass is 428 g/mol. The molecular formula is C16H11Cl2FN4O3S. The minimum absolute atomic E-state index is 0.00294. The standard InChI is InChI=1S/C16H11Cl2FN4O3S/c17-11-6-12(18)13(19)5-10(11)15-14(7-21-22-15)27(25,26)23-9-3-1-8(2-4-9)16(20)24/h1-7,23H,(H2,20,24)(H,21,22). The summed E-state index contributed by atoms with van der Waals surface area (Å²) in [4.78, 5) is 10.8. The lowest BCUT2D eigenvalue weighted by Gasteiger charge is -2.10. The quantitative estimate of drug-likeness (QED) is 0.539. The number of nitrogens with two attached hydrogens (primary N) is 1. The van der Waals surface area contributed by atoms with Crippen LogP contribution >= 0.6 is 23.2 Å². The molecule has 0 spiro atoms. The van der Waals surface area contributed by atoms with Gasteiger partial charge in [-0.25, -0.2) is 12.8 Å². The van der Waals surface area contributed by atoms with Gasteiger partial charge < -0.3 is 5.73 Å². The van der Waals surface area contributed by atoms with Crippen LogP contribution in [-0.4, -0.2) is 24.5 Å². The molecule has 11 heteroatoms. The highest BCUT2D eigenvalue weighted by Crippen LogP contribution is 2.34. The molecule has 0 aliphatic rings. The molecule has 0 saturated heterocycles. The second kappa shape index (κ2) is 7.18. The number of aromatic amines is 1. The average Bonchev–Trinajstić information content (AvgIpc) is 3.08. The van der Waals surface area contributed by atoms with Crippen LogP contribution in [0, 0.1) is 5.82 Å². The lowest BCUT2D eigenvalue weighted by molar-refractivity contribution is 0.100. The summed E-state index contributed by atoms with van der Waals surface area (Å²) in [6, 6.07) is 7.70. The molecule has 0 aliphatic heterocycles. The number of benzene rings is 2. The molecule has 0 bridgehead atoms. The summed E-state index contributed by atoms with van der Waals surface area (Å²) in [5.74, 6) is -1.40. The van der Waals surface area contributed by atoms with Gasteiger partial charge in [0.1, 0.15) is 10.7 Å². The van der Waals surface area contributed by atoms with Crippen molar-refractivity contribution in [1.82, 2.24) is 10.2 Å². The number of amides is 1. The molecule has 140 valence electrons. The molecule has 0 saturated carbocycles. The van der Waals surface area contributed by atoms with E-state index in [1.54, 1.807) is 0 Å². The van der Waals surface area contributed by atoms with Gasteiger partial charge in [-0.15, -0.1) is 0 Å². The number of rotatable bonds is 5. The van der Waals surface area contributed by atoms with E-state index in [1.807, 2.05) is 0 Å². The summed E-state index contributed by atoms with van der Waals surface area (Å²) < 4.78 is 41.6. The first kappa shape index (κ1) is 19.2. The summed E-state index contributed by atoms with van der Waals surface area (Å²) in [5.41, 5.74) is 5.65. The number of hydrogen-bond acceptors (Lipinski definition) is 4. The van der Waals surface area contributed by atoms with E-state index < -0.39 is 21.7 Å². The Labute approximate surface area is 163 Å². The zero-order chi connectivity index (χ0) is 19.8. The molecule has 7 nitrogen and oxygen atoms in total. The Bertz CT molecular complexity index is 1130. The van der Waals surface area contributed by atoms with E-state index in [4.69, 9.17) is 28.9 Å². The third-order valence-electron chi connectivity index (χ3n) is 3.60. The van der Waals surface area contributed by atoms with E-state index in [-0.39, 0.29) is 37.4 Å². The second-order valence-corrected chi connectivity index (χ2v) is 7.87. The SMILES string of the molecule is NC(=O)c1ccc(NS(=O)(=O)c2cn[nH]c2-c2cc(F)c(Cl)cc2Cl)cc1. The number of hydrogen-bond donors (Lipinski definition) is 3. The first-order valence-electron chi connectivity index (χ1n) is 7.30. The zero-order valence-electron chi connectivity index (χ0n) is 13.3. The Balaban J connectivity index is 1.99. The second-order valence-electron chi connectivity index (χ2n) is 5.40. The van der Waals surface area contributed by atoms with E-state index in [0.717, 1.165) is 12.3 Å². The van der Waals surface area contributed by atoms with Crippen molar-refractivity contribution in [2.75, 3.05) is 4.72 Å². The van der Waals surface area contributed by atoms with Crippen molar-refractivity contribution < 1.29 is 17.6 Å². The van der Waals surface area contributed by atoms with Crippen molar-refractivity contribution in [2.45, 2.75) is 4.90 Å². The fraction of sp³-hybridized carbons (Fsp3) is 0. The molecule has 0 radical (unpaired) electrons. The first-order chi connectivity index (χ1) is 12.7. The predicted octanol–water partition coefficient (Wildman–Crippen LogP) is 3.42. The van der Waals surface area contributed by atoms with E-state index in [1.165, 1.54) is 30.3 Å². The van der Waals surface area contributed by atoms with Gasteiger partial charge in [-0.1, -0.05) is 23.2 Å². The Morgan fingerprint density at radius 2 is 1.81 bits per heavy atom. The molecule has 0 unspecified atom stereocenters. The van der Waals surface area contributed by atoms with Crippen LogP contribution in [0.15, 0.2) is 47.5 Å². The first-order valence-corrected chi connectivity index (χ1v) is 9.54. The number of carbonyl (C=O) groups excluding carboxylic acids is 1. The number of halogens is 3. The highest BCUT2D eigenvalue weighted by molar-refractivity contribution is 7.92. The Morgan fingerprint density at radius 3 is 2.44 bits per heavy atom. The highest BCUT2D eigenvalue weighted by Gasteiger charge is 2.24. The highest BCUT2D eigenvalue weighted by atomic mass is 35.5. The normalized spacial score (nSPS) is 11.4. The van der Waals surface area contributed by atoms with Crippen molar-refractivity contribution >= 4 is 44.8 Å². The van der Waals surface area contributed by atoms with Crippen LogP contribution in [0.2, 0.25) is 10.0 Å². The minimum atomic E-state index is -4.10. The number of nitrogens with zero attached hydrogens (tertiary/aromatic N) is 1. The van der Waals surface area contributed by atoms with E-state index >= 15 is 0 Å². The Morgan fingerprint density at radius 1 is 1.15 bits per heavy atom. The van der Waals surface area contributed by atoms with Gasteiger partial charge >= 0.3 is 0 Å². The van der Waals surface area contributed by atoms with Gasteiger partial charge in [0.15, 0.2) is 0 Å². The molecule has 1 aromatic heterocycles. The molecule has 0 atom stereocenters. The van der Waals surface area contributed by atoms with Crippen molar-refractivity contribution in [3.8, 4) is 11.3 Å². The lowest BCUT2D eigenvalue weighted by atomic mass is 10.1. The van der Waals surface area contributed by atoms with Crippen LogP contribution in [-0.2, 0) is 10.0 Å². The van der Waals surface area contributed by atoms with Gasteiger partial charge in [0.2, 0.25) is 5.91 Å². The summed E-state index contributed by atoms with van der Waals surface area (Å²) >= 11 is 11.7. The summed E-state index contributed by atoms with van der Waals surface area (Å²) in [6.45, 7) is 0. The van der Waals surface area contributed by atoms with Crippen molar-refractivity contribution in [3.05, 3.63) is 64.0 Å². The van der Waals surface area contributed by atoms with Gasteiger partial charge in [0.05, 0.1) is 21.9 Å². The third kappa shape index (κ3) is 3.90. The molecule has 4 N–H and O–H groups in total. The summed E-state index contributed by atoms with van der Waals surface area (Å²) in [7, 11) is -4.10. The van der Waals surface area contributed by atoms with Crippen LogP contribution in [0.1, 0.15) is 10.4 Å². The van der Waals surface area contributed by atoms with Crippen molar-refractivity contribution in [2.24, 2.45) is 5.73 Å². The van der Waals surface area contributed by atoms with Gasteiger partial charge in [-0.05, 0) is 36.4 Å². The maximum atomic E-state index is 13.8. The van der Waals surface area contributed by atoms with Gasteiger partial charge in [0, 0.05) is 16.8 Å². The molecule has 1 amide bonds. The molecular weight excluding hydrogens is 418 g/mol. The predicted molar refractivity (Wildman–Crippen MR) is 99.8 cm³/mol. The minimum Gasteiger partial charge on any atom is -0.366 e. The van der Waals surface area contributed by atoms with Gasteiger partial charge in [-0.2, -0.15) is 5.10 Å². The number of anilines is 1.